The molecule has 0 aliphatic carbocycles. The van der Waals surface area contributed by atoms with E-state index in [9.17, 15) is 18.0 Å². The summed E-state index contributed by atoms with van der Waals surface area (Å²) in [5.74, 6) is -0.822. The van der Waals surface area contributed by atoms with Crippen molar-refractivity contribution in [3.8, 4) is 0 Å². The summed E-state index contributed by atoms with van der Waals surface area (Å²) in [5.41, 5.74) is 2.97. The molecule has 4 aromatic rings. The number of carbonyl (C=O) groups excluding carboxylic acids is 2. The molecular formula is C33H34ClN3O4S. The number of likely N-dealkylation sites (N-methyl/N-ethyl adjacent to an activating group) is 1. The molecule has 0 saturated heterocycles. The van der Waals surface area contributed by atoms with Gasteiger partial charge in [-0.25, -0.2) is 8.42 Å². The third-order valence-electron chi connectivity index (χ3n) is 6.82. The van der Waals surface area contributed by atoms with Crippen LogP contribution in [0.5, 0.6) is 0 Å². The van der Waals surface area contributed by atoms with Gasteiger partial charge in [0.1, 0.15) is 12.6 Å². The van der Waals surface area contributed by atoms with Gasteiger partial charge < -0.3 is 10.2 Å². The molecule has 0 bridgehead atoms. The predicted molar refractivity (Wildman–Crippen MR) is 167 cm³/mol. The van der Waals surface area contributed by atoms with Gasteiger partial charge in [-0.15, -0.1) is 0 Å². The molecule has 0 aliphatic heterocycles. The predicted octanol–water partition coefficient (Wildman–Crippen LogP) is 5.62. The molecule has 0 radical (unpaired) electrons. The molecular weight excluding hydrogens is 570 g/mol. The average molecular weight is 604 g/mol. The van der Waals surface area contributed by atoms with Crippen LogP contribution < -0.4 is 9.62 Å². The van der Waals surface area contributed by atoms with Gasteiger partial charge in [0.15, 0.2) is 0 Å². The molecule has 0 heterocycles. The van der Waals surface area contributed by atoms with Crippen LogP contribution in [0, 0.1) is 6.92 Å². The summed E-state index contributed by atoms with van der Waals surface area (Å²) in [6.07, 6.45) is 0.264. The number of benzene rings is 4. The molecule has 4 aromatic carbocycles. The summed E-state index contributed by atoms with van der Waals surface area (Å²) in [5, 5.41) is 3.26. The minimum atomic E-state index is -4.17. The molecule has 0 spiro atoms. The van der Waals surface area contributed by atoms with Crippen LogP contribution in [0.3, 0.4) is 0 Å². The van der Waals surface area contributed by atoms with E-state index in [0.717, 1.165) is 21.0 Å². The van der Waals surface area contributed by atoms with Gasteiger partial charge in [-0.2, -0.15) is 0 Å². The van der Waals surface area contributed by atoms with E-state index in [1.807, 2.05) is 74.5 Å². The topological polar surface area (TPSA) is 86.8 Å². The van der Waals surface area contributed by atoms with Crippen LogP contribution in [0.4, 0.5) is 5.69 Å². The Balaban J connectivity index is 1.77. The van der Waals surface area contributed by atoms with E-state index in [-0.39, 0.29) is 23.8 Å². The normalized spacial score (nSPS) is 11.9. The Kier molecular flexibility index (Phi) is 10.4. The number of halogens is 1. The third kappa shape index (κ3) is 7.78. The van der Waals surface area contributed by atoms with E-state index < -0.39 is 28.5 Å². The number of nitrogens with zero attached hydrogens (tertiary/aromatic N) is 2. The Morgan fingerprint density at radius 1 is 0.810 bits per heavy atom. The standard InChI is InChI=1S/C33H34ClN3O4S/c1-3-35-33(39)31(22-26-10-6-4-7-11-26)36(23-27-12-8-5-9-13-27)32(38)24-37(29-18-14-25(2)15-19-29)42(40,41)30-20-16-28(34)17-21-30/h4-21,31H,3,22-24H2,1-2H3,(H,35,39)/t31-/m0/s1. The third-order valence-corrected chi connectivity index (χ3v) is 8.86. The Bertz CT molecular complexity index is 1580. The van der Waals surface area contributed by atoms with Crippen LogP contribution in [0.2, 0.25) is 5.02 Å². The van der Waals surface area contributed by atoms with Gasteiger partial charge >= 0.3 is 0 Å². The fourth-order valence-corrected chi connectivity index (χ4v) is 6.14. The average Bonchev–Trinajstić information content (AvgIpc) is 2.99. The van der Waals surface area contributed by atoms with Crippen LogP contribution in [-0.2, 0) is 32.6 Å². The summed E-state index contributed by atoms with van der Waals surface area (Å²) in [6.45, 7) is 3.72. The van der Waals surface area contributed by atoms with Gasteiger partial charge in [-0.05, 0) is 61.4 Å². The Morgan fingerprint density at radius 2 is 1.38 bits per heavy atom. The monoisotopic (exact) mass is 603 g/mol. The number of hydrogen-bond donors (Lipinski definition) is 1. The van der Waals surface area contributed by atoms with E-state index in [0.29, 0.717) is 17.3 Å². The molecule has 218 valence electrons. The molecule has 0 aromatic heterocycles. The van der Waals surface area contributed by atoms with Gasteiger partial charge in [0.2, 0.25) is 11.8 Å². The molecule has 1 atom stereocenters. The lowest BCUT2D eigenvalue weighted by Crippen LogP contribution is -2.53. The molecule has 2 amide bonds. The lowest BCUT2D eigenvalue weighted by Gasteiger charge is -2.33. The lowest BCUT2D eigenvalue weighted by atomic mass is 10.0. The minimum Gasteiger partial charge on any atom is -0.355 e. The summed E-state index contributed by atoms with van der Waals surface area (Å²) in [4.78, 5) is 29.2. The molecule has 9 heteroatoms. The quantitative estimate of drug-likeness (QED) is 0.228. The zero-order valence-electron chi connectivity index (χ0n) is 23.6. The summed E-state index contributed by atoms with van der Waals surface area (Å²) in [7, 11) is -4.17. The van der Waals surface area contributed by atoms with E-state index >= 15 is 0 Å². The van der Waals surface area contributed by atoms with E-state index in [1.54, 1.807) is 24.3 Å². The van der Waals surface area contributed by atoms with Crippen molar-refractivity contribution in [1.29, 1.82) is 0 Å². The van der Waals surface area contributed by atoms with Crippen molar-refractivity contribution in [3.05, 3.63) is 131 Å². The number of hydrogen-bond acceptors (Lipinski definition) is 4. The molecule has 0 unspecified atom stereocenters. The van der Waals surface area contributed by atoms with Crippen molar-refractivity contribution in [2.75, 3.05) is 17.4 Å². The van der Waals surface area contributed by atoms with Gasteiger partial charge in [0.25, 0.3) is 10.0 Å². The van der Waals surface area contributed by atoms with Crippen molar-refractivity contribution in [3.63, 3.8) is 0 Å². The van der Waals surface area contributed by atoms with Crippen LogP contribution >= 0.6 is 11.6 Å². The maximum Gasteiger partial charge on any atom is 0.264 e. The summed E-state index contributed by atoms with van der Waals surface area (Å²) < 4.78 is 29.0. The number of amides is 2. The van der Waals surface area contributed by atoms with Crippen molar-refractivity contribution >= 4 is 39.1 Å². The molecule has 42 heavy (non-hydrogen) atoms. The summed E-state index contributed by atoms with van der Waals surface area (Å²) in [6, 6.07) is 30.7. The van der Waals surface area contributed by atoms with Gasteiger partial charge in [0.05, 0.1) is 10.6 Å². The fraction of sp³-hybridized carbons (Fsp3) is 0.212. The SMILES string of the molecule is CCNC(=O)[C@H](Cc1ccccc1)N(Cc1ccccc1)C(=O)CN(c1ccc(C)cc1)S(=O)(=O)c1ccc(Cl)cc1. The first-order valence-electron chi connectivity index (χ1n) is 13.7. The summed E-state index contributed by atoms with van der Waals surface area (Å²) >= 11 is 6.03. The highest BCUT2D eigenvalue weighted by atomic mass is 35.5. The van der Waals surface area contributed by atoms with E-state index in [1.165, 1.54) is 29.2 Å². The van der Waals surface area contributed by atoms with Crippen molar-refractivity contribution in [1.82, 2.24) is 10.2 Å². The fourth-order valence-electron chi connectivity index (χ4n) is 4.60. The number of anilines is 1. The highest BCUT2D eigenvalue weighted by Gasteiger charge is 2.34. The minimum absolute atomic E-state index is 0.000513. The zero-order chi connectivity index (χ0) is 30.1. The van der Waals surface area contributed by atoms with Crippen LogP contribution in [-0.4, -0.2) is 44.3 Å². The molecule has 7 nitrogen and oxygen atoms in total. The highest BCUT2D eigenvalue weighted by molar-refractivity contribution is 7.92. The smallest absolute Gasteiger partial charge is 0.264 e. The maximum atomic E-state index is 14.3. The first-order chi connectivity index (χ1) is 20.2. The highest BCUT2D eigenvalue weighted by Crippen LogP contribution is 2.26. The molecule has 0 fully saturated rings. The number of aryl methyl sites for hydroxylation is 1. The number of rotatable bonds is 12. The Morgan fingerprint density at radius 3 is 1.95 bits per heavy atom. The zero-order valence-corrected chi connectivity index (χ0v) is 25.2. The van der Waals surface area contributed by atoms with E-state index in [4.69, 9.17) is 11.6 Å². The molecule has 0 saturated carbocycles. The maximum absolute atomic E-state index is 14.3. The number of carbonyl (C=O) groups is 2. The van der Waals surface area contributed by atoms with Crippen molar-refractivity contribution < 1.29 is 18.0 Å². The second-order valence-corrected chi connectivity index (χ2v) is 12.2. The second-order valence-electron chi connectivity index (χ2n) is 9.91. The van der Waals surface area contributed by atoms with Gasteiger partial charge in [-0.1, -0.05) is 90.0 Å². The van der Waals surface area contributed by atoms with Crippen LogP contribution in [0.25, 0.3) is 0 Å². The van der Waals surface area contributed by atoms with Crippen LogP contribution in [0.1, 0.15) is 23.6 Å². The second kappa shape index (κ2) is 14.2. The van der Waals surface area contributed by atoms with Crippen LogP contribution in [0.15, 0.2) is 114 Å². The number of sulfonamides is 1. The number of nitrogens with one attached hydrogen (secondary N) is 1. The Labute approximate surface area is 252 Å². The first-order valence-corrected chi connectivity index (χ1v) is 15.5. The largest absolute Gasteiger partial charge is 0.355 e. The molecule has 0 aliphatic rings. The van der Waals surface area contributed by atoms with Gasteiger partial charge in [-0.3, -0.25) is 13.9 Å². The van der Waals surface area contributed by atoms with E-state index in [2.05, 4.69) is 5.32 Å². The van der Waals surface area contributed by atoms with Crippen molar-refractivity contribution in [2.24, 2.45) is 0 Å². The molecule has 4 rings (SSSR count). The Hall–Kier alpha value is -4.14. The molecule has 1 N–H and O–H groups in total. The van der Waals surface area contributed by atoms with Gasteiger partial charge in [0, 0.05) is 24.5 Å². The first kappa shape index (κ1) is 30.8. The van der Waals surface area contributed by atoms with Crippen molar-refractivity contribution in [2.45, 2.75) is 37.8 Å². The lowest BCUT2D eigenvalue weighted by molar-refractivity contribution is -0.140.